The number of nitrogens with zero attached hydrogens (tertiary/aromatic N) is 1. The molecule has 1 N–H and O–H groups in total. The molecule has 0 bridgehead atoms. The minimum atomic E-state index is -0.244. The summed E-state index contributed by atoms with van der Waals surface area (Å²) in [6.07, 6.45) is 1.59. The number of furan rings is 2. The smallest absolute Gasteiger partial charge is 0.287 e. The standard InChI is InChI=1S/C25H32N2O3/c1-18(2)27(16-19-8-10-20(11-9-19)25(3,4)5)17-22-12-13-23(30-22)24(28)26-15-21-7-6-14-29-21/h6-14,18H,15-17H2,1-5H3,(H,26,28). The number of nitrogens with one attached hydrogen (secondary N) is 1. The first-order valence-corrected chi connectivity index (χ1v) is 10.4. The summed E-state index contributed by atoms with van der Waals surface area (Å²) in [5.41, 5.74) is 2.75. The lowest BCUT2D eigenvalue weighted by Gasteiger charge is -2.26. The van der Waals surface area contributed by atoms with E-state index in [1.807, 2.05) is 12.1 Å². The van der Waals surface area contributed by atoms with Crippen LogP contribution in [0.4, 0.5) is 0 Å². The second kappa shape index (κ2) is 9.35. The average Bonchev–Trinajstić information content (AvgIpc) is 3.37. The molecule has 0 saturated carbocycles. The van der Waals surface area contributed by atoms with Crippen molar-refractivity contribution >= 4 is 5.91 Å². The van der Waals surface area contributed by atoms with Crippen LogP contribution in [0.1, 0.15) is 67.8 Å². The Balaban J connectivity index is 1.60. The molecule has 5 heteroatoms. The fourth-order valence-corrected chi connectivity index (χ4v) is 3.22. The number of amides is 1. The predicted octanol–water partition coefficient (Wildman–Crippen LogP) is 5.51. The van der Waals surface area contributed by atoms with Crippen LogP contribution in [-0.4, -0.2) is 16.8 Å². The van der Waals surface area contributed by atoms with Crippen molar-refractivity contribution in [1.82, 2.24) is 10.2 Å². The fourth-order valence-electron chi connectivity index (χ4n) is 3.22. The summed E-state index contributed by atoms with van der Waals surface area (Å²) in [6, 6.07) is 16.4. The maximum Gasteiger partial charge on any atom is 0.287 e. The molecule has 0 aliphatic heterocycles. The molecule has 1 amide bonds. The number of rotatable bonds is 8. The first-order chi connectivity index (χ1) is 14.2. The monoisotopic (exact) mass is 408 g/mol. The van der Waals surface area contributed by atoms with E-state index in [2.05, 4.69) is 69.1 Å². The van der Waals surface area contributed by atoms with Gasteiger partial charge in [0.2, 0.25) is 0 Å². The van der Waals surface area contributed by atoms with Crippen LogP contribution < -0.4 is 5.32 Å². The topological polar surface area (TPSA) is 58.6 Å². The van der Waals surface area contributed by atoms with E-state index >= 15 is 0 Å². The fraction of sp³-hybridized carbons (Fsp3) is 0.400. The molecule has 0 radical (unpaired) electrons. The van der Waals surface area contributed by atoms with Gasteiger partial charge in [0.25, 0.3) is 5.91 Å². The Morgan fingerprint density at radius 1 is 1.00 bits per heavy atom. The lowest BCUT2D eigenvalue weighted by atomic mass is 9.87. The maximum absolute atomic E-state index is 12.3. The molecule has 0 aliphatic carbocycles. The SMILES string of the molecule is CC(C)N(Cc1ccc(C(C)(C)C)cc1)Cc1ccc(C(=O)NCc2ccco2)o1. The number of carbonyl (C=O) groups excluding carboxylic acids is 1. The Bertz CT molecular complexity index is 932. The van der Waals surface area contributed by atoms with Crippen molar-refractivity contribution in [2.24, 2.45) is 0 Å². The molecule has 2 aromatic heterocycles. The first-order valence-electron chi connectivity index (χ1n) is 10.4. The van der Waals surface area contributed by atoms with Crippen LogP contribution >= 0.6 is 0 Å². The van der Waals surface area contributed by atoms with Crippen LogP contribution in [0.3, 0.4) is 0 Å². The highest BCUT2D eigenvalue weighted by Gasteiger charge is 2.17. The number of hydrogen-bond donors (Lipinski definition) is 1. The molecule has 0 fully saturated rings. The van der Waals surface area contributed by atoms with E-state index in [1.165, 1.54) is 11.1 Å². The van der Waals surface area contributed by atoms with Crippen LogP contribution in [-0.2, 0) is 25.0 Å². The molecule has 3 aromatic rings. The van der Waals surface area contributed by atoms with E-state index in [0.29, 0.717) is 30.7 Å². The average molecular weight is 409 g/mol. The number of carbonyl (C=O) groups is 1. The summed E-state index contributed by atoms with van der Waals surface area (Å²) in [6.45, 7) is 12.8. The van der Waals surface area contributed by atoms with E-state index < -0.39 is 0 Å². The zero-order valence-corrected chi connectivity index (χ0v) is 18.6. The van der Waals surface area contributed by atoms with Gasteiger partial charge in [-0.2, -0.15) is 0 Å². The van der Waals surface area contributed by atoms with Gasteiger partial charge in [-0.3, -0.25) is 9.69 Å². The van der Waals surface area contributed by atoms with Crippen molar-refractivity contribution in [2.75, 3.05) is 0 Å². The minimum Gasteiger partial charge on any atom is -0.467 e. The van der Waals surface area contributed by atoms with Crippen molar-refractivity contribution in [3.63, 3.8) is 0 Å². The van der Waals surface area contributed by atoms with Gasteiger partial charge < -0.3 is 14.2 Å². The van der Waals surface area contributed by atoms with E-state index in [9.17, 15) is 4.79 Å². The van der Waals surface area contributed by atoms with Crippen LogP contribution in [0.5, 0.6) is 0 Å². The largest absolute Gasteiger partial charge is 0.467 e. The highest BCUT2D eigenvalue weighted by molar-refractivity contribution is 5.91. The molecular formula is C25H32N2O3. The Morgan fingerprint density at radius 2 is 1.73 bits per heavy atom. The van der Waals surface area contributed by atoms with Gasteiger partial charge in [-0.15, -0.1) is 0 Å². The predicted molar refractivity (Wildman–Crippen MR) is 118 cm³/mol. The zero-order valence-electron chi connectivity index (χ0n) is 18.6. The highest BCUT2D eigenvalue weighted by Crippen LogP contribution is 2.23. The van der Waals surface area contributed by atoms with Crippen molar-refractivity contribution in [2.45, 2.75) is 65.7 Å². The van der Waals surface area contributed by atoms with Gasteiger partial charge in [0, 0.05) is 12.6 Å². The second-order valence-corrected chi connectivity index (χ2v) is 8.97. The van der Waals surface area contributed by atoms with E-state index in [0.717, 1.165) is 12.3 Å². The summed E-state index contributed by atoms with van der Waals surface area (Å²) >= 11 is 0. The minimum absolute atomic E-state index is 0.151. The zero-order chi connectivity index (χ0) is 21.7. The van der Waals surface area contributed by atoms with Crippen molar-refractivity contribution in [1.29, 1.82) is 0 Å². The molecule has 1 aromatic carbocycles. The van der Waals surface area contributed by atoms with Gasteiger partial charge in [0.05, 0.1) is 19.4 Å². The van der Waals surface area contributed by atoms with Gasteiger partial charge in [-0.25, -0.2) is 0 Å². The molecule has 30 heavy (non-hydrogen) atoms. The molecule has 0 spiro atoms. The Hall–Kier alpha value is -2.79. The summed E-state index contributed by atoms with van der Waals surface area (Å²) in [7, 11) is 0. The van der Waals surface area contributed by atoms with Crippen molar-refractivity contribution < 1.29 is 13.6 Å². The second-order valence-electron chi connectivity index (χ2n) is 8.97. The van der Waals surface area contributed by atoms with Gasteiger partial charge in [-0.1, -0.05) is 45.0 Å². The Kier molecular flexibility index (Phi) is 6.83. The number of hydrogen-bond acceptors (Lipinski definition) is 4. The molecule has 5 nitrogen and oxygen atoms in total. The lowest BCUT2D eigenvalue weighted by molar-refractivity contribution is 0.0915. The molecule has 0 unspecified atom stereocenters. The molecule has 3 rings (SSSR count). The highest BCUT2D eigenvalue weighted by atomic mass is 16.4. The van der Waals surface area contributed by atoms with Crippen molar-refractivity contribution in [3.05, 3.63) is 83.2 Å². The third-order valence-corrected chi connectivity index (χ3v) is 5.18. The Morgan fingerprint density at radius 3 is 2.33 bits per heavy atom. The number of benzene rings is 1. The van der Waals surface area contributed by atoms with E-state index in [-0.39, 0.29) is 11.3 Å². The molecule has 2 heterocycles. The molecule has 0 aliphatic rings. The third-order valence-electron chi connectivity index (χ3n) is 5.18. The molecular weight excluding hydrogens is 376 g/mol. The van der Waals surface area contributed by atoms with E-state index in [4.69, 9.17) is 8.83 Å². The van der Waals surface area contributed by atoms with Crippen LogP contribution in [0, 0.1) is 0 Å². The van der Waals surface area contributed by atoms with Crippen LogP contribution in [0.25, 0.3) is 0 Å². The van der Waals surface area contributed by atoms with Gasteiger partial charge in [0.15, 0.2) is 5.76 Å². The lowest BCUT2D eigenvalue weighted by Crippen LogP contribution is -2.29. The summed E-state index contributed by atoms with van der Waals surface area (Å²) in [5, 5.41) is 2.81. The third kappa shape index (κ3) is 5.86. The quantitative estimate of drug-likeness (QED) is 0.534. The molecule has 0 saturated heterocycles. The van der Waals surface area contributed by atoms with E-state index in [1.54, 1.807) is 18.4 Å². The Labute approximate surface area is 179 Å². The molecule has 0 atom stereocenters. The maximum atomic E-state index is 12.3. The summed E-state index contributed by atoms with van der Waals surface area (Å²) in [4.78, 5) is 14.6. The van der Waals surface area contributed by atoms with Gasteiger partial charge in [-0.05, 0) is 54.7 Å². The van der Waals surface area contributed by atoms with Crippen LogP contribution in [0.2, 0.25) is 0 Å². The summed E-state index contributed by atoms with van der Waals surface area (Å²) in [5.74, 6) is 1.55. The summed E-state index contributed by atoms with van der Waals surface area (Å²) < 4.78 is 11.0. The van der Waals surface area contributed by atoms with Crippen molar-refractivity contribution in [3.8, 4) is 0 Å². The van der Waals surface area contributed by atoms with Gasteiger partial charge in [0.1, 0.15) is 11.5 Å². The first kappa shape index (κ1) is 21.9. The van der Waals surface area contributed by atoms with Gasteiger partial charge >= 0.3 is 0 Å². The normalized spacial score (nSPS) is 12.0. The van der Waals surface area contributed by atoms with Crippen LogP contribution in [0.15, 0.2) is 63.6 Å². The molecule has 160 valence electrons.